The summed E-state index contributed by atoms with van der Waals surface area (Å²) in [6.07, 6.45) is 3.83. The van der Waals surface area contributed by atoms with Crippen LogP contribution in [-0.4, -0.2) is 11.9 Å². The van der Waals surface area contributed by atoms with Crippen molar-refractivity contribution in [2.75, 3.05) is 4.90 Å². The second kappa shape index (κ2) is 5.52. The van der Waals surface area contributed by atoms with Crippen molar-refractivity contribution in [2.45, 2.75) is 19.4 Å². The summed E-state index contributed by atoms with van der Waals surface area (Å²) >= 11 is 0. The van der Waals surface area contributed by atoms with E-state index >= 15 is 0 Å². The highest BCUT2D eigenvalue weighted by molar-refractivity contribution is 6.05. The Hall–Kier alpha value is -2.42. The van der Waals surface area contributed by atoms with Crippen molar-refractivity contribution in [2.24, 2.45) is 0 Å². The van der Waals surface area contributed by atoms with Crippen LogP contribution in [0.15, 0.2) is 54.6 Å². The lowest BCUT2D eigenvalue weighted by Crippen LogP contribution is -2.34. The number of hydrogen-bond donors (Lipinski definition) is 0. The minimum Gasteiger partial charge on any atom is -0.305 e. The molecule has 0 saturated heterocycles. The van der Waals surface area contributed by atoms with Crippen molar-refractivity contribution in [3.8, 4) is 0 Å². The van der Waals surface area contributed by atoms with Crippen LogP contribution >= 0.6 is 0 Å². The molecule has 0 spiro atoms. The number of fused-ring (bicyclic) bond motifs is 1. The summed E-state index contributed by atoms with van der Waals surface area (Å²) in [7, 11) is 0. The average molecular weight is 281 g/mol. The topological polar surface area (TPSA) is 20.3 Å². The van der Waals surface area contributed by atoms with Gasteiger partial charge in [0.2, 0.25) is 0 Å². The fourth-order valence-electron chi connectivity index (χ4n) is 2.75. The zero-order valence-electron chi connectivity index (χ0n) is 11.8. The molecule has 0 fully saturated rings. The number of hydrogen-bond acceptors (Lipinski definition) is 1. The molecule has 1 atom stereocenters. The number of amides is 1. The molecule has 1 aliphatic rings. The molecule has 3 heteroatoms. The molecular formula is C18H16FNO. The summed E-state index contributed by atoms with van der Waals surface area (Å²) < 4.78 is 13.6. The van der Waals surface area contributed by atoms with Crippen LogP contribution in [0.4, 0.5) is 10.1 Å². The second-order valence-corrected chi connectivity index (χ2v) is 5.24. The third-order valence-corrected chi connectivity index (χ3v) is 3.76. The molecule has 1 amide bonds. The predicted octanol–water partition coefficient (Wildman–Crippen LogP) is 3.82. The molecule has 2 aromatic rings. The molecule has 0 aliphatic carbocycles. The Morgan fingerprint density at radius 1 is 1.19 bits per heavy atom. The van der Waals surface area contributed by atoms with Crippen molar-refractivity contribution in [3.63, 3.8) is 0 Å². The monoisotopic (exact) mass is 281 g/mol. The average Bonchev–Trinajstić information content (AvgIpc) is 2.82. The first-order valence-corrected chi connectivity index (χ1v) is 7.00. The number of nitrogens with zero attached hydrogens (tertiary/aromatic N) is 1. The first-order valence-electron chi connectivity index (χ1n) is 7.00. The van der Waals surface area contributed by atoms with E-state index in [9.17, 15) is 9.18 Å². The van der Waals surface area contributed by atoms with Crippen molar-refractivity contribution < 1.29 is 9.18 Å². The van der Waals surface area contributed by atoms with Gasteiger partial charge in [-0.3, -0.25) is 4.79 Å². The van der Waals surface area contributed by atoms with Gasteiger partial charge in [0.05, 0.1) is 0 Å². The Bertz CT molecular complexity index is 708. The van der Waals surface area contributed by atoms with Gasteiger partial charge in [0.1, 0.15) is 5.82 Å². The Balaban J connectivity index is 1.85. The van der Waals surface area contributed by atoms with Gasteiger partial charge in [0.25, 0.3) is 5.91 Å². The molecule has 106 valence electrons. The van der Waals surface area contributed by atoms with Gasteiger partial charge in [0, 0.05) is 23.4 Å². The molecule has 3 rings (SSSR count). The molecular weight excluding hydrogens is 265 g/mol. The lowest BCUT2D eigenvalue weighted by Gasteiger charge is -2.20. The first kappa shape index (κ1) is 13.6. The predicted molar refractivity (Wildman–Crippen MR) is 82.5 cm³/mol. The van der Waals surface area contributed by atoms with Crippen LogP contribution in [0.3, 0.4) is 0 Å². The number of anilines is 1. The Morgan fingerprint density at radius 2 is 1.90 bits per heavy atom. The fourth-order valence-corrected chi connectivity index (χ4v) is 2.75. The van der Waals surface area contributed by atoms with E-state index in [1.165, 1.54) is 23.8 Å². The van der Waals surface area contributed by atoms with Crippen LogP contribution in [0.5, 0.6) is 0 Å². The van der Waals surface area contributed by atoms with Crippen LogP contribution in [0.25, 0.3) is 6.08 Å². The van der Waals surface area contributed by atoms with Gasteiger partial charge in [-0.2, -0.15) is 0 Å². The molecule has 21 heavy (non-hydrogen) atoms. The maximum absolute atomic E-state index is 13.6. The van der Waals surface area contributed by atoms with Crippen LogP contribution in [-0.2, 0) is 11.2 Å². The van der Waals surface area contributed by atoms with E-state index in [1.807, 2.05) is 31.2 Å². The van der Waals surface area contributed by atoms with Crippen LogP contribution in [0, 0.1) is 5.82 Å². The molecule has 0 saturated carbocycles. The summed E-state index contributed by atoms with van der Waals surface area (Å²) in [5, 5.41) is 0. The summed E-state index contributed by atoms with van der Waals surface area (Å²) in [5.41, 5.74) is 2.55. The minimum atomic E-state index is -0.323. The first-order chi connectivity index (χ1) is 10.2. The number of carbonyl (C=O) groups excluding carboxylic acids is 1. The van der Waals surface area contributed by atoms with Gasteiger partial charge in [-0.25, -0.2) is 4.39 Å². The van der Waals surface area contributed by atoms with Crippen LogP contribution in [0.1, 0.15) is 18.1 Å². The van der Waals surface area contributed by atoms with Crippen LogP contribution in [0.2, 0.25) is 0 Å². The maximum Gasteiger partial charge on any atom is 0.251 e. The number of para-hydroxylation sites is 1. The van der Waals surface area contributed by atoms with Crippen molar-refractivity contribution in [1.29, 1.82) is 0 Å². The third kappa shape index (κ3) is 2.59. The fraction of sp³-hybridized carbons (Fsp3) is 0.167. The molecule has 2 nitrogen and oxygen atoms in total. The summed E-state index contributed by atoms with van der Waals surface area (Å²) in [6, 6.07) is 14.5. The van der Waals surface area contributed by atoms with E-state index in [0.29, 0.717) is 5.56 Å². The third-order valence-electron chi connectivity index (χ3n) is 3.76. The molecule has 0 N–H and O–H groups in total. The quantitative estimate of drug-likeness (QED) is 0.766. The Kier molecular flexibility index (Phi) is 3.57. The molecule has 1 aliphatic heterocycles. The number of rotatable bonds is 2. The molecule has 0 radical (unpaired) electrons. The van der Waals surface area contributed by atoms with E-state index in [2.05, 4.69) is 0 Å². The molecule has 2 aromatic carbocycles. The van der Waals surface area contributed by atoms with Gasteiger partial charge in [-0.1, -0.05) is 36.4 Å². The van der Waals surface area contributed by atoms with E-state index in [1.54, 1.807) is 23.1 Å². The number of benzene rings is 2. The largest absolute Gasteiger partial charge is 0.305 e. The Labute approximate surface area is 123 Å². The molecule has 1 heterocycles. The number of carbonyl (C=O) groups is 1. The lowest BCUT2D eigenvalue weighted by atomic mass is 10.1. The summed E-state index contributed by atoms with van der Waals surface area (Å²) in [6.45, 7) is 2.02. The molecule has 0 bridgehead atoms. The summed E-state index contributed by atoms with van der Waals surface area (Å²) in [4.78, 5) is 14.2. The Morgan fingerprint density at radius 3 is 2.71 bits per heavy atom. The van der Waals surface area contributed by atoms with Gasteiger partial charge in [0.15, 0.2) is 0 Å². The van der Waals surface area contributed by atoms with E-state index < -0.39 is 0 Å². The van der Waals surface area contributed by atoms with Gasteiger partial charge in [-0.05, 0) is 37.1 Å². The zero-order valence-corrected chi connectivity index (χ0v) is 11.8. The minimum absolute atomic E-state index is 0.115. The van der Waals surface area contributed by atoms with Crippen molar-refractivity contribution in [3.05, 3.63) is 71.6 Å². The smallest absolute Gasteiger partial charge is 0.251 e. The van der Waals surface area contributed by atoms with E-state index in [4.69, 9.17) is 0 Å². The second-order valence-electron chi connectivity index (χ2n) is 5.24. The highest BCUT2D eigenvalue weighted by Gasteiger charge is 2.29. The SMILES string of the molecule is C[C@H]1Cc2ccccc2N1C(=O)/C=C/c1ccccc1F. The van der Waals surface area contributed by atoms with E-state index in [0.717, 1.165) is 12.1 Å². The van der Waals surface area contributed by atoms with E-state index in [-0.39, 0.29) is 17.8 Å². The van der Waals surface area contributed by atoms with Crippen molar-refractivity contribution in [1.82, 2.24) is 0 Å². The highest BCUT2D eigenvalue weighted by Crippen LogP contribution is 2.32. The number of halogens is 1. The van der Waals surface area contributed by atoms with Gasteiger partial charge < -0.3 is 4.90 Å². The molecule has 0 unspecified atom stereocenters. The summed E-state index contributed by atoms with van der Waals surface area (Å²) in [5.74, 6) is -0.438. The van der Waals surface area contributed by atoms with Crippen LogP contribution < -0.4 is 4.90 Å². The normalized spacial score (nSPS) is 17.2. The standard InChI is InChI=1S/C18H16FNO/c1-13-12-15-7-3-5-9-17(15)20(13)18(21)11-10-14-6-2-4-8-16(14)19/h2-11,13H,12H2,1H3/b11-10+/t13-/m0/s1. The lowest BCUT2D eigenvalue weighted by molar-refractivity contribution is -0.114. The van der Waals surface area contributed by atoms with Crippen molar-refractivity contribution >= 4 is 17.7 Å². The maximum atomic E-state index is 13.6. The highest BCUT2D eigenvalue weighted by atomic mass is 19.1. The zero-order chi connectivity index (χ0) is 14.8. The molecule has 0 aromatic heterocycles. The van der Waals surface area contributed by atoms with Gasteiger partial charge in [-0.15, -0.1) is 0 Å². The van der Waals surface area contributed by atoms with Gasteiger partial charge >= 0.3 is 0 Å².